The maximum absolute atomic E-state index is 11.3. The van der Waals surface area contributed by atoms with E-state index in [-0.39, 0.29) is 12.0 Å². The van der Waals surface area contributed by atoms with Crippen LogP contribution in [0.1, 0.15) is 19.3 Å². The second-order valence-corrected chi connectivity index (χ2v) is 3.40. The van der Waals surface area contributed by atoms with Gasteiger partial charge in [-0.2, -0.15) is 0 Å². The maximum Gasteiger partial charge on any atom is 0.377 e. The third-order valence-corrected chi connectivity index (χ3v) is 2.50. The van der Waals surface area contributed by atoms with Gasteiger partial charge in [-0.15, -0.1) is 0 Å². The van der Waals surface area contributed by atoms with Crippen molar-refractivity contribution in [2.45, 2.75) is 32.1 Å². The molecule has 1 fully saturated rings. The highest BCUT2D eigenvalue weighted by molar-refractivity contribution is 6.45. The summed E-state index contributed by atoms with van der Waals surface area (Å²) >= 11 is 0. The first kappa shape index (κ1) is 10.5. The SMILES string of the molecule is COC(=O)[C@H]1CCCCN1B(C)O. The minimum Gasteiger partial charge on any atom is -0.468 e. The number of rotatable bonds is 2. The minimum absolute atomic E-state index is 0.236. The van der Waals surface area contributed by atoms with Crippen molar-refractivity contribution in [3.63, 3.8) is 0 Å². The Labute approximate surface area is 79.0 Å². The van der Waals surface area contributed by atoms with Crippen molar-refractivity contribution in [1.29, 1.82) is 0 Å². The van der Waals surface area contributed by atoms with Crippen LogP contribution in [0.15, 0.2) is 0 Å². The fraction of sp³-hybridized carbons (Fsp3) is 0.875. The van der Waals surface area contributed by atoms with E-state index in [2.05, 4.69) is 4.74 Å². The average molecular weight is 185 g/mol. The molecule has 0 radical (unpaired) electrons. The highest BCUT2D eigenvalue weighted by Gasteiger charge is 2.33. The van der Waals surface area contributed by atoms with E-state index in [0.717, 1.165) is 25.8 Å². The molecule has 13 heavy (non-hydrogen) atoms. The highest BCUT2D eigenvalue weighted by Crippen LogP contribution is 2.18. The predicted octanol–water partition coefficient (Wildman–Crippen LogP) is 0.124. The summed E-state index contributed by atoms with van der Waals surface area (Å²) in [5, 5.41) is 9.41. The first-order valence-corrected chi connectivity index (χ1v) is 4.68. The van der Waals surface area contributed by atoms with E-state index >= 15 is 0 Å². The summed E-state index contributed by atoms with van der Waals surface area (Å²) in [6.07, 6.45) is 2.86. The second kappa shape index (κ2) is 4.62. The number of carbonyl (C=O) groups is 1. The van der Waals surface area contributed by atoms with Crippen molar-refractivity contribution >= 4 is 13.0 Å². The highest BCUT2D eigenvalue weighted by atomic mass is 16.5. The van der Waals surface area contributed by atoms with Gasteiger partial charge in [0.05, 0.1) is 7.11 Å². The molecule has 0 aromatic heterocycles. The number of esters is 1. The molecule has 1 aliphatic rings. The smallest absolute Gasteiger partial charge is 0.377 e. The Hall–Kier alpha value is -0.545. The molecule has 1 rings (SSSR count). The van der Waals surface area contributed by atoms with Crippen LogP contribution in [0, 0.1) is 0 Å². The zero-order valence-electron chi connectivity index (χ0n) is 8.19. The molecule has 0 saturated carbocycles. The third kappa shape index (κ3) is 2.45. The van der Waals surface area contributed by atoms with Gasteiger partial charge in [-0.25, -0.2) is 0 Å². The van der Waals surface area contributed by atoms with Gasteiger partial charge in [0.2, 0.25) is 0 Å². The van der Waals surface area contributed by atoms with E-state index in [1.165, 1.54) is 7.11 Å². The number of nitrogens with zero attached hydrogens (tertiary/aromatic N) is 1. The molecule has 1 heterocycles. The van der Waals surface area contributed by atoms with E-state index < -0.39 is 7.05 Å². The molecule has 1 saturated heterocycles. The van der Waals surface area contributed by atoms with Crippen LogP contribution in [0.2, 0.25) is 6.82 Å². The molecule has 4 nitrogen and oxygen atoms in total. The predicted molar refractivity (Wildman–Crippen MR) is 50.2 cm³/mol. The van der Waals surface area contributed by atoms with Gasteiger partial charge in [0.1, 0.15) is 6.04 Å². The third-order valence-electron chi connectivity index (χ3n) is 2.50. The summed E-state index contributed by atoms with van der Waals surface area (Å²) < 4.78 is 4.68. The number of hydrogen-bond acceptors (Lipinski definition) is 4. The Balaban J connectivity index is 2.61. The zero-order chi connectivity index (χ0) is 9.84. The van der Waals surface area contributed by atoms with Crippen LogP contribution < -0.4 is 0 Å². The van der Waals surface area contributed by atoms with E-state index in [1.54, 1.807) is 11.6 Å². The Bertz CT molecular complexity index is 186. The standard InChI is InChI=1S/C8H16BNO3/c1-9(12)10-6-4-3-5-7(10)8(11)13-2/h7,12H,3-6H2,1-2H3/t7-/m1/s1. The Morgan fingerprint density at radius 3 is 2.85 bits per heavy atom. The van der Waals surface area contributed by atoms with Gasteiger partial charge in [-0.1, -0.05) is 6.42 Å². The van der Waals surface area contributed by atoms with Crippen molar-refractivity contribution < 1.29 is 14.6 Å². The molecule has 0 aromatic carbocycles. The largest absolute Gasteiger partial charge is 0.468 e. The first-order valence-electron chi connectivity index (χ1n) is 4.68. The first-order chi connectivity index (χ1) is 6.16. The van der Waals surface area contributed by atoms with Crippen molar-refractivity contribution in [3.8, 4) is 0 Å². The zero-order valence-corrected chi connectivity index (χ0v) is 8.19. The summed E-state index contributed by atoms with van der Waals surface area (Å²) in [5.74, 6) is -0.236. The fourth-order valence-electron chi connectivity index (χ4n) is 1.79. The monoisotopic (exact) mass is 185 g/mol. The Kier molecular flexibility index (Phi) is 3.75. The average Bonchev–Trinajstić information content (AvgIpc) is 2.16. The molecule has 74 valence electrons. The Morgan fingerprint density at radius 2 is 2.31 bits per heavy atom. The normalized spacial score (nSPS) is 24.1. The molecule has 1 atom stereocenters. The molecule has 0 bridgehead atoms. The van der Waals surface area contributed by atoms with Crippen LogP contribution >= 0.6 is 0 Å². The van der Waals surface area contributed by atoms with E-state index in [4.69, 9.17) is 0 Å². The minimum atomic E-state index is -0.565. The molecule has 0 amide bonds. The van der Waals surface area contributed by atoms with Gasteiger partial charge in [0, 0.05) is 0 Å². The van der Waals surface area contributed by atoms with Gasteiger partial charge in [-0.3, -0.25) is 4.79 Å². The molecule has 5 heteroatoms. The van der Waals surface area contributed by atoms with Crippen LogP contribution in [0.25, 0.3) is 0 Å². The summed E-state index contributed by atoms with van der Waals surface area (Å²) in [4.78, 5) is 13.1. The molecular formula is C8H16BNO3. The maximum atomic E-state index is 11.3. The lowest BCUT2D eigenvalue weighted by Crippen LogP contribution is -2.51. The van der Waals surface area contributed by atoms with Gasteiger partial charge in [0.15, 0.2) is 0 Å². The quantitative estimate of drug-likeness (QED) is 0.490. The second-order valence-electron chi connectivity index (χ2n) is 3.40. The molecular weight excluding hydrogens is 169 g/mol. The van der Waals surface area contributed by atoms with Crippen LogP contribution in [-0.4, -0.2) is 42.6 Å². The molecule has 1 aliphatic heterocycles. The summed E-state index contributed by atoms with van der Waals surface area (Å²) in [6.45, 7) is 2.46. The molecule has 0 spiro atoms. The molecule has 0 aromatic rings. The summed E-state index contributed by atoms with van der Waals surface area (Å²) in [7, 11) is 0.821. The van der Waals surface area contributed by atoms with Crippen LogP contribution in [0.4, 0.5) is 0 Å². The summed E-state index contributed by atoms with van der Waals surface area (Å²) in [6, 6.07) is -0.251. The number of ether oxygens (including phenoxy) is 1. The lowest BCUT2D eigenvalue weighted by molar-refractivity contribution is -0.146. The Morgan fingerprint density at radius 1 is 1.62 bits per heavy atom. The van der Waals surface area contributed by atoms with Gasteiger partial charge >= 0.3 is 13.0 Å². The van der Waals surface area contributed by atoms with Crippen molar-refractivity contribution in [3.05, 3.63) is 0 Å². The van der Waals surface area contributed by atoms with Crippen molar-refractivity contribution in [1.82, 2.24) is 4.81 Å². The molecule has 0 aliphatic carbocycles. The fourth-order valence-corrected chi connectivity index (χ4v) is 1.79. The van der Waals surface area contributed by atoms with Crippen molar-refractivity contribution in [2.24, 2.45) is 0 Å². The van der Waals surface area contributed by atoms with Crippen LogP contribution in [-0.2, 0) is 9.53 Å². The number of hydrogen-bond donors (Lipinski definition) is 1. The van der Waals surface area contributed by atoms with Crippen molar-refractivity contribution in [2.75, 3.05) is 13.7 Å². The van der Waals surface area contributed by atoms with E-state index in [1.807, 2.05) is 0 Å². The van der Waals surface area contributed by atoms with Gasteiger partial charge in [0.25, 0.3) is 0 Å². The lowest BCUT2D eigenvalue weighted by atomic mass is 9.80. The van der Waals surface area contributed by atoms with Gasteiger partial charge in [-0.05, 0) is 26.2 Å². The molecule has 1 N–H and O–H groups in total. The number of carbonyl (C=O) groups excluding carboxylic acids is 1. The van der Waals surface area contributed by atoms with Crippen LogP contribution in [0.3, 0.4) is 0 Å². The van der Waals surface area contributed by atoms with Gasteiger partial charge < -0.3 is 14.6 Å². The lowest BCUT2D eigenvalue weighted by Gasteiger charge is -2.34. The number of methoxy groups -OCH3 is 1. The van der Waals surface area contributed by atoms with Crippen LogP contribution in [0.5, 0.6) is 0 Å². The van der Waals surface area contributed by atoms with E-state index in [9.17, 15) is 9.82 Å². The summed E-state index contributed by atoms with van der Waals surface area (Å²) in [5.41, 5.74) is 0. The van der Waals surface area contributed by atoms with E-state index in [0.29, 0.717) is 0 Å². The number of piperidine rings is 1. The molecule has 0 unspecified atom stereocenters. The topological polar surface area (TPSA) is 49.8 Å².